The molecule has 1 amide bonds. The molecule has 1 heterocycles. The third kappa shape index (κ3) is 4.76. The second-order valence-corrected chi connectivity index (χ2v) is 7.57. The minimum Gasteiger partial charge on any atom is -0.353 e. The lowest BCUT2D eigenvalue weighted by molar-refractivity contribution is -0.119. The van der Waals surface area contributed by atoms with Crippen LogP contribution in [-0.4, -0.2) is 27.3 Å². The zero-order chi connectivity index (χ0) is 18.6. The van der Waals surface area contributed by atoms with Crippen molar-refractivity contribution in [2.45, 2.75) is 57.8 Å². The third-order valence-electron chi connectivity index (χ3n) is 4.03. The van der Waals surface area contributed by atoms with E-state index in [9.17, 15) is 9.59 Å². The van der Waals surface area contributed by atoms with E-state index in [-0.39, 0.29) is 29.3 Å². The molecule has 136 valence electrons. The fraction of sp³-hybridized carbons (Fsp3) is 0.500. The van der Waals surface area contributed by atoms with Crippen molar-refractivity contribution >= 4 is 40.2 Å². The van der Waals surface area contributed by atoms with Crippen molar-refractivity contribution in [2.75, 3.05) is 5.75 Å². The van der Waals surface area contributed by atoms with Crippen LogP contribution in [0.5, 0.6) is 0 Å². The molecule has 1 N–H and O–H groups in total. The first kappa shape index (κ1) is 19.8. The molecule has 0 spiro atoms. The van der Waals surface area contributed by atoms with Gasteiger partial charge in [0.2, 0.25) is 5.91 Å². The summed E-state index contributed by atoms with van der Waals surface area (Å²) in [4.78, 5) is 29.5. The van der Waals surface area contributed by atoms with E-state index in [1.807, 2.05) is 27.7 Å². The van der Waals surface area contributed by atoms with Gasteiger partial charge >= 0.3 is 0 Å². The van der Waals surface area contributed by atoms with Crippen LogP contribution < -0.4 is 10.9 Å². The molecule has 2 aromatic rings. The lowest BCUT2D eigenvalue weighted by Crippen LogP contribution is -2.35. The molecule has 0 radical (unpaired) electrons. The summed E-state index contributed by atoms with van der Waals surface area (Å²) in [6.45, 7) is 7.96. The highest BCUT2D eigenvalue weighted by Crippen LogP contribution is 2.22. The van der Waals surface area contributed by atoms with Gasteiger partial charge in [-0.1, -0.05) is 37.2 Å². The number of carbonyl (C=O) groups excluding carboxylic acids is 1. The monoisotopic (exact) mass is 381 g/mol. The largest absolute Gasteiger partial charge is 0.353 e. The zero-order valence-electron chi connectivity index (χ0n) is 15.0. The Morgan fingerprint density at radius 2 is 2.00 bits per heavy atom. The van der Waals surface area contributed by atoms with E-state index in [0.29, 0.717) is 21.1 Å². The normalized spacial score (nSPS) is 11.5. The molecule has 0 bridgehead atoms. The maximum Gasteiger partial charge on any atom is 0.262 e. The van der Waals surface area contributed by atoms with Crippen LogP contribution in [0.2, 0.25) is 5.02 Å². The second kappa shape index (κ2) is 8.72. The molecule has 5 nitrogen and oxygen atoms in total. The maximum absolute atomic E-state index is 12.8. The Morgan fingerprint density at radius 1 is 1.32 bits per heavy atom. The highest BCUT2D eigenvalue weighted by atomic mass is 35.5. The molecule has 1 aromatic carbocycles. The van der Waals surface area contributed by atoms with E-state index >= 15 is 0 Å². The Morgan fingerprint density at radius 3 is 2.60 bits per heavy atom. The summed E-state index contributed by atoms with van der Waals surface area (Å²) in [7, 11) is 0. The fourth-order valence-corrected chi connectivity index (χ4v) is 3.71. The summed E-state index contributed by atoms with van der Waals surface area (Å²) in [5, 5.41) is 4.60. The summed E-state index contributed by atoms with van der Waals surface area (Å²) < 4.78 is 1.63. The van der Waals surface area contributed by atoms with Gasteiger partial charge < -0.3 is 5.32 Å². The Hall–Kier alpha value is -1.53. The Bertz CT molecular complexity index is 816. The average molecular weight is 382 g/mol. The van der Waals surface area contributed by atoms with Crippen LogP contribution in [-0.2, 0) is 4.79 Å². The van der Waals surface area contributed by atoms with Crippen LogP contribution in [0, 0.1) is 0 Å². The molecule has 0 saturated heterocycles. The van der Waals surface area contributed by atoms with Gasteiger partial charge in [-0.3, -0.25) is 14.2 Å². The summed E-state index contributed by atoms with van der Waals surface area (Å²) in [5.41, 5.74) is 0.442. The van der Waals surface area contributed by atoms with Crippen LogP contribution in [0.3, 0.4) is 0 Å². The number of halogens is 1. The smallest absolute Gasteiger partial charge is 0.262 e. The quantitative estimate of drug-likeness (QED) is 0.581. The number of carbonyl (C=O) groups is 1. The number of amides is 1. The van der Waals surface area contributed by atoms with Crippen molar-refractivity contribution < 1.29 is 4.79 Å². The first-order valence-corrected chi connectivity index (χ1v) is 9.87. The summed E-state index contributed by atoms with van der Waals surface area (Å²) in [6, 6.07) is 5.19. The van der Waals surface area contributed by atoms with Gasteiger partial charge in [-0.2, -0.15) is 0 Å². The number of thioether (sulfide) groups is 1. The fourth-order valence-electron chi connectivity index (χ4n) is 2.60. The topological polar surface area (TPSA) is 64.0 Å². The molecule has 0 unspecified atom stereocenters. The highest BCUT2D eigenvalue weighted by molar-refractivity contribution is 7.99. The molecule has 0 atom stereocenters. The van der Waals surface area contributed by atoms with Gasteiger partial charge in [0, 0.05) is 17.1 Å². The van der Waals surface area contributed by atoms with E-state index in [0.717, 1.165) is 12.8 Å². The van der Waals surface area contributed by atoms with Gasteiger partial charge in [0.1, 0.15) is 0 Å². The van der Waals surface area contributed by atoms with Crippen molar-refractivity contribution in [3.8, 4) is 0 Å². The van der Waals surface area contributed by atoms with E-state index in [4.69, 9.17) is 11.6 Å². The van der Waals surface area contributed by atoms with Crippen LogP contribution in [0.4, 0.5) is 0 Å². The van der Waals surface area contributed by atoms with E-state index < -0.39 is 0 Å². The number of aromatic nitrogens is 2. The van der Waals surface area contributed by atoms with Crippen LogP contribution in [0.15, 0.2) is 28.2 Å². The van der Waals surface area contributed by atoms with Crippen molar-refractivity contribution in [3.05, 3.63) is 33.6 Å². The first-order chi connectivity index (χ1) is 11.9. The number of nitrogens with zero attached hydrogens (tertiary/aromatic N) is 2. The average Bonchev–Trinajstić information content (AvgIpc) is 2.57. The molecule has 0 aliphatic carbocycles. The maximum atomic E-state index is 12.8. The third-order valence-corrected chi connectivity index (χ3v) is 5.22. The van der Waals surface area contributed by atoms with E-state index in [1.165, 1.54) is 11.8 Å². The Labute approximate surface area is 157 Å². The van der Waals surface area contributed by atoms with E-state index in [1.54, 1.807) is 22.8 Å². The summed E-state index contributed by atoms with van der Waals surface area (Å²) in [5.74, 6) is 0.177. The van der Waals surface area contributed by atoms with Crippen LogP contribution in [0.25, 0.3) is 10.9 Å². The molecular formula is C18H24ClN3O2S. The molecule has 0 aliphatic rings. The molecule has 0 aliphatic heterocycles. The Balaban J connectivity index is 2.31. The number of benzene rings is 1. The van der Waals surface area contributed by atoms with Crippen molar-refractivity contribution in [1.82, 2.24) is 14.9 Å². The van der Waals surface area contributed by atoms with Crippen LogP contribution >= 0.6 is 23.4 Å². The lowest BCUT2D eigenvalue weighted by atomic mass is 10.2. The van der Waals surface area contributed by atoms with Crippen molar-refractivity contribution in [3.63, 3.8) is 0 Å². The predicted octanol–water partition coefficient (Wildman–Crippen LogP) is 4.03. The zero-order valence-corrected chi connectivity index (χ0v) is 16.6. The number of hydrogen-bond acceptors (Lipinski definition) is 4. The van der Waals surface area contributed by atoms with Gasteiger partial charge in [-0.25, -0.2) is 4.98 Å². The standard InChI is InChI=1S/C18H24ClN3O2S/c1-5-13(6-2)20-16(23)10-25-18-21-15-9-12(19)7-8-14(15)17(24)22(18)11(3)4/h7-9,11,13H,5-6,10H2,1-4H3,(H,20,23). The van der Waals surface area contributed by atoms with E-state index in [2.05, 4.69) is 10.3 Å². The van der Waals surface area contributed by atoms with Gasteiger partial charge in [0.15, 0.2) is 5.16 Å². The minimum absolute atomic E-state index is 0.0468. The number of fused-ring (bicyclic) bond motifs is 1. The number of rotatable bonds is 7. The first-order valence-electron chi connectivity index (χ1n) is 8.51. The summed E-state index contributed by atoms with van der Waals surface area (Å²) in [6.07, 6.45) is 1.80. The minimum atomic E-state index is -0.112. The van der Waals surface area contributed by atoms with Crippen molar-refractivity contribution in [1.29, 1.82) is 0 Å². The molecule has 0 saturated carbocycles. The lowest BCUT2D eigenvalue weighted by Gasteiger charge is -2.17. The molecule has 2 rings (SSSR count). The second-order valence-electron chi connectivity index (χ2n) is 6.19. The van der Waals surface area contributed by atoms with Crippen molar-refractivity contribution in [2.24, 2.45) is 0 Å². The Kier molecular flexibility index (Phi) is 6.90. The predicted molar refractivity (Wildman–Crippen MR) is 105 cm³/mol. The van der Waals surface area contributed by atoms with Gasteiger partial charge in [0.25, 0.3) is 5.56 Å². The molecular weight excluding hydrogens is 358 g/mol. The SMILES string of the molecule is CCC(CC)NC(=O)CSc1nc2cc(Cl)ccc2c(=O)n1C(C)C. The highest BCUT2D eigenvalue weighted by Gasteiger charge is 2.16. The van der Waals surface area contributed by atoms with Crippen LogP contribution in [0.1, 0.15) is 46.6 Å². The van der Waals surface area contributed by atoms with Gasteiger partial charge in [-0.15, -0.1) is 0 Å². The number of hydrogen-bond donors (Lipinski definition) is 1. The number of nitrogens with one attached hydrogen (secondary N) is 1. The van der Waals surface area contributed by atoms with Gasteiger partial charge in [0.05, 0.1) is 16.7 Å². The van der Waals surface area contributed by atoms with Gasteiger partial charge in [-0.05, 0) is 44.9 Å². The molecule has 1 aromatic heterocycles. The molecule has 0 fully saturated rings. The summed E-state index contributed by atoms with van der Waals surface area (Å²) >= 11 is 7.30. The molecule has 7 heteroatoms. The molecule has 25 heavy (non-hydrogen) atoms.